The van der Waals surface area contributed by atoms with Crippen LogP contribution in [0.5, 0.6) is 0 Å². The monoisotopic (exact) mass is 756 g/mol. The summed E-state index contributed by atoms with van der Waals surface area (Å²) < 4.78 is 0. The van der Waals surface area contributed by atoms with Gasteiger partial charge in [-0.3, -0.25) is 9.59 Å². The van der Waals surface area contributed by atoms with Gasteiger partial charge in [-0.25, -0.2) is 19.9 Å². The molecule has 268 valence electrons. The number of aryl methyl sites for hydroxylation is 2. The number of alkyl halides is 2. The molecule has 2 aliphatic rings. The molecular weight excluding hydrogens is 711 g/mol. The Labute approximate surface area is 312 Å². The number of hydrogen-bond donors (Lipinski definition) is 3. The zero-order chi connectivity index (χ0) is 35.9. The Hall–Kier alpha value is -2.96. The number of rotatable bonds is 12. The van der Waals surface area contributed by atoms with Crippen LogP contribution in [0.4, 0.5) is 11.6 Å². The lowest BCUT2D eigenvalue weighted by molar-refractivity contribution is 0.103. The van der Waals surface area contributed by atoms with Gasteiger partial charge >= 0.3 is 0 Å². The van der Waals surface area contributed by atoms with Crippen molar-refractivity contribution in [2.75, 3.05) is 17.2 Å². The molecule has 6 atom stereocenters. The molecule has 4 aromatic rings. The Bertz CT molecular complexity index is 1650. The van der Waals surface area contributed by atoms with Gasteiger partial charge in [-0.05, 0) is 86.5 Å². The summed E-state index contributed by atoms with van der Waals surface area (Å²) in [5.74, 6) is 4.10. The fourth-order valence-corrected chi connectivity index (χ4v) is 9.84. The molecule has 0 spiro atoms. The lowest BCUT2D eigenvalue weighted by atomic mass is 9.96. The molecule has 0 unspecified atom stereocenters. The van der Waals surface area contributed by atoms with Gasteiger partial charge in [0.25, 0.3) is 0 Å². The zero-order valence-corrected chi connectivity index (χ0v) is 32.4. The second-order valence-electron chi connectivity index (χ2n) is 13.6. The molecule has 0 aliphatic heterocycles. The summed E-state index contributed by atoms with van der Waals surface area (Å²) in [5.41, 5.74) is 3.01. The SMILES string of the molecule is CC[C@H]1C[C@@H](Nc2ncncc2C(=O)c2cc(CCl)c(C)s2)C[C@@H]1C.Cc1sc(C(=O)c2cncnc2N[C@@H]2C[C@H](CO)[C@@H](C)C2)cc1CCl. The molecule has 13 heteroatoms. The van der Waals surface area contributed by atoms with Crippen LogP contribution in [-0.4, -0.2) is 55.3 Å². The summed E-state index contributed by atoms with van der Waals surface area (Å²) in [6, 6.07) is 4.31. The Morgan fingerprint density at radius 3 is 1.58 bits per heavy atom. The third-order valence-electron chi connectivity index (χ3n) is 10.2. The zero-order valence-electron chi connectivity index (χ0n) is 29.2. The minimum atomic E-state index is -0.0858. The average molecular weight is 758 g/mol. The molecule has 0 saturated heterocycles. The second-order valence-corrected chi connectivity index (χ2v) is 16.6. The molecule has 0 amide bonds. The van der Waals surface area contributed by atoms with E-state index in [-0.39, 0.29) is 24.2 Å². The molecular formula is C37H46Cl2N6O3S2. The molecule has 6 rings (SSSR count). The number of thiophene rings is 2. The standard InChI is InChI=1S/C19H24ClN3OS.C18H22ClN3O2S/c1-4-13-6-15(5-11(13)2)23-19-16(9-21-10-22-19)18(24)17-7-14(8-20)12(3)25-17;1-10-3-14(4-13(10)8-23)22-18-15(7-20-9-21-18)17(24)16-5-12(6-19)11(2)25-16/h7,9-11,13,15H,4-6,8H2,1-3H3,(H,21,22,23);5,7,9-10,13-14,23H,3-4,6,8H2,1-2H3,(H,20,21,22)/t11-,13-,15-;10-,13+,14-/m00/s1. The molecule has 4 heterocycles. The van der Waals surface area contributed by atoms with Crippen molar-refractivity contribution in [3.63, 3.8) is 0 Å². The number of nitrogens with one attached hydrogen (secondary N) is 2. The molecule has 9 nitrogen and oxygen atoms in total. The predicted octanol–water partition coefficient (Wildman–Crippen LogP) is 8.69. The molecule has 2 aliphatic carbocycles. The van der Waals surface area contributed by atoms with E-state index < -0.39 is 0 Å². The van der Waals surface area contributed by atoms with Crippen LogP contribution >= 0.6 is 45.9 Å². The molecule has 4 aromatic heterocycles. The largest absolute Gasteiger partial charge is 0.396 e. The van der Waals surface area contributed by atoms with Gasteiger partial charge in [0, 0.05) is 52.6 Å². The van der Waals surface area contributed by atoms with Crippen molar-refractivity contribution in [2.45, 2.75) is 90.6 Å². The first kappa shape index (κ1) is 38.3. The number of aromatic nitrogens is 4. The Balaban J connectivity index is 0.000000194. The quantitative estimate of drug-likeness (QED) is 0.0960. The van der Waals surface area contributed by atoms with Gasteiger partial charge in [-0.2, -0.15) is 0 Å². The first-order valence-electron chi connectivity index (χ1n) is 17.2. The van der Waals surface area contributed by atoms with Crippen molar-refractivity contribution < 1.29 is 14.7 Å². The molecule has 0 bridgehead atoms. The van der Waals surface area contributed by atoms with Gasteiger partial charge < -0.3 is 15.7 Å². The summed E-state index contributed by atoms with van der Waals surface area (Å²) in [6.45, 7) is 10.9. The number of ketones is 2. The van der Waals surface area contributed by atoms with Gasteiger partial charge in [-0.1, -0.05) is 27.2 Å². The number of carbonyl (C=O) groups is 2. The molecule has 0 aromatic carbocycles. The third-order valence-corrected chi connectivity index (χ3v) is 13.0. The molecule has 3 N–H and O–H groups in total. The number of aliphatic hydroxyl groups is 1. The topological polar surface area (TPSA) is 130 Å². The molecule has 2 saturated carbocycles. The van der Waals surface area contributed by atoms with Crippen LogP contribution in [0.25, 0.3) is 0 Å². The van der Waals surface area contributed by atoms with Crippen LogP contribution in [0.1, 0.15) is 104 Å². The van der Waals surface area contributed by atoms with E-state index in [1.807, 2.05) is 26.0 Å². The minimum absolute atomic E-state index is 0.0364. The van der Waals surface area contributed by atoms with Gasteiger partial charge in [0.1, 0.15) is 24.3 Å². The van der Waals surface area contributed by atoms with E-state index in [2.05, 4.69) is 51.3 Å². The highest BCUT2D eigenvalue weighted by molar-refractivity contribution is 7.14. The summed E-state index contributed by atoms with van der Waals surface area (Å²) in [4.78, 5) is 46.1. The van der Waals surface area contributed by atoms with Gasteiger partial charge in [0.05, 0.1) is 20.9 Å². The third kappa shape index (κ3) is 8.91. The minimum Gasteiger partial charge on any atom is -0.396 e. The van der Waals surface area contributed by atoms with E-state index in [1.54, 1.807) is 12.4 Å². The van der Waals surface area contributed by atoms with E-state index in [0.717, 1.165) is 52.5 Å². The van der Waals surface area contributed by atoms with Crippen LogP contribution in [0.2, 0.25) is 0 Å². The lowest BCUT2D eigenvalue weighted by Crippen LogP contribution is -2.19. The first-order chi connectivity index (χ1) is 24.1. The first-order valence-corrected chi connectivity index (χ1v) is 19.9. The Kier molecular flexibility index (Phi) is 13.4. The van der Waals surface area contributed by atoms with Crippen molar-refractivity contribution in [1.29, 1.82) is 0 Å². The van der Waals surface area contributed by atoms with Crippen LogP contribution in [-0.2, 0) is 11.8 Å². The lowest BCUT2D eigenvalue weighted by Gasteiger charge is -2.15. The van der Waals surface area contributed by atoms with Crippen LogP contribution in [0.3, 0.4) is 0 Å². The van der Waals surface area contributed by atoms with E-state index in [9.17, 15) is 14.7 Å². The number of halogens is 2. The van der Waals surface area contributed by atoms with Gasteiger partial charge in [0.15, 0.2) is 0 Å². The number of anilines is 2. The summed E-state index contributed by atoms with van der Waals surface area (Å²) in [6.07, 6.45) is 11.4. The van der Waals surface area contributed by atoms with Crippen molar-refractivity contribution in [3.05, 3.63) is 78.9 Å². The van der Waals surface area contributed by atoms with E-state index in [1.165, 1.54) is 41.7 Å². The second kappa shape index (κ2) is 17.5. The highest BCUT2D eigenvalue weighted by atomic mass is 35.5. The fourth-order valence-electron chi connectivity index (χ4n) is 7.13. The van der Waals surface area contributed by atoms with E-state index >= 15 is 0 Å². The molecule has 2 fully saturated rings. The Morgan fingerprint density at radius 1 is 0.780 bits per heavy atom. The van der Waals surface area contributed by atoms with Gasteiger partial charge in [-0.15, -0.1) is 45.9 Å². The van der Waals surface area contributed by atoms with E-state index in [0.29, 0.717) is 68.1 Å². The smallest absolute Gasteiger partial charge is 0.208 e. The van der Waals surface area contributed by atoms with Crippen molar-refractivity contribution in [2.24, 2.45) is 23.7 Å². The number of carbonyl (C=O) groups excluding carboxylic acids is 2. The maximum atomic E-state index is 13.0. The number of hydrogen-bond acceptors (Lipinski definition) is 11. The van der Waals surface area contributed by atoms with Crippen molar-refractivity contribution in [1.82, 2.24) is 19.9 Å². The fraction of sp³-hybridized carbons (Fsp3) is 0.514. The Morgan fingerprint density at radius 2 is 1.22 bits per heavy atom. The maximum Gasteiger partial charge on any atom is 0.208 e. The normalized spacial score (nSPS) is 23.0. The van der Waals surface area contributed by atoms with Crippen molar-refractivity contribution in [3.8, 4) is 0 Å². The molecule has 0 radical (unpaired) electrons. The summed E-state index contributed by atoms with van der Waals surface area (Å²) >= 11 is 14.8. The number of nitrogens with zero attached hydrogens (tertiary/aromatic N) is 4. The average Bonchev–Trinajstić information content (AvgIpc) is 3.89. The van der Waals surface area contributed by atoms with E-state index in [4.69, 9.17) is 23.2 Å². The van der Waals surface area contributed by atoms with Crippen LogP contribution in [0, 0.1) is 37.5 Å². The summed E-state index contributed by atoms with van der Waals surface area (Å²) in [5, 5.41) is 16.3. The van der Waals surface area contributed by atoms with Gasteiger partial charge in [0.2, 0.25) is 11.6 Å². The van der Waals surface area contributed by atoms with Crippen LogP contribution < -0.4 is 10.6 Å². The molecule has 50 heavy (non-hydrogen) atoms. The summed E-state index contributed by atoms with van der Waals surface area (Å²) in [7, 11) is 0. The number of aliphatic hydroxyl groups excluding tert-OH is 1. The van der Waals surface area contributed by atoms with Crippen molar-refractivity contribution >= 4 is 69.1 Å². The maximum absolute atomic E-state index is 13.0. The van der Waals surface area contributed by atoms with Crippen LogP contribution in [0.15, 0.2) is 37.2 Å². The predicted molar refractivity (Wildman–Crippen MR) is 204 cm³/mol. The highest BCUT2D eigenvalue weighted by Gasteiger charge is 2.33. The highest BCUT2D eigenvalue weighted by Crippen LogP contribution is 2.37.